The highest BCUT2D eigenvalue weighted by Crippen LogP contribution is 2.21. The van der Waals surface area contributed by atoms with Crippen molar-refractivity contribution in [2.24, 2.45) is 5.73 Å². The van der Waals surface area contributed by atoms with Crippen molar-refractivity contribution in [3.63, 3.8) is 0 Å². The van der Waals surface area contributed by atoms with Gasteiger partial charge in [-0.2, -0.15) is 0 Å². The third-order valence-electron chi connectivity index (χ3n) is 1.55. The molecule has 2 N–H and O–H groups in total. The van der Waals surface area contributed by atoms with Crippen LogP contribution < -0.4 is 5.73 Å². The second kappa shape index (κ2) is 4.58. The first-order valence-corrected chi connectivity index (χ1v) is 5.09. The van der Waals surface area contributed by atoms with Gasteiger partial charge in [0.25, 0.3) is 0 Å². The molecule has 74 valence electrons. The van der Waals surface area contributed by atoms with Crippen molar-refractivity contribution in [3.05, 3.63) is 0 Å². The monoisotopic (exact) mass is 237 g/mol. The van der Waals surface area contributed by atoms with E-state index in [9.17, 15) is 0 Å². The Labute approximate surface area is 84.0 Å². The fourth-order valence-electron chi connectivity index (χ4n) is 0.787. The summed E-state index contributed by atoms with van der Waals surface area (Å²) in [4.78, 5) is 0. The molecule has 0 aromatic heterocycles. The molecule has 0 atom stereocenters. The van der Waals surface area contributed by atoms with Crippen LogP contribution in [0.4, 0.5) is 0 Å². The molecule has 0 aromatic carbocycles. The number of ether oxygens (including phenoxy) is 1. The standard InChI is InChI=1S/C9H20BrNO/c1-8(2,10)7-12-9(3,4)5-6-11/h5-7,11H2,1-4H3. The zero-order valence-electron chi connectivity index (χ0n) is 8.48. The van der Waals surface area contributed by atoms with Gasteiger partial charge in [-0.05, 0) is 40.7 Å². The Morgan fingerprint density at radius 3 is 2.08 bits per heavy atom. The van der Waals surface area contributed by atoms with Crippen LogP contribution in [0.1, 0.15) is 34.1 Å². The summed E-state index contributed by atoms with van der Waals surface area (Å²) in [5.74, 6) is 0. The Morgan fingerprint density at radius 1 is 1.25 bits per heavy atom. The number of nitrogens with two attached hydrogens (primary N) is 1. The number of halogens is 1. The molecule has 0 aliphatic rings. The van der Waals surface area contributed by atoms with Crippen LogP contribution in [0.2, 0.25) is 0 Å². The van der Waals surface area contributed by atoms with Crippen LogP contribution in [0, 0.1) is 0 Å². The maximum atomic E-state index is 5.71. The summed E-state index contributed by atoms with van der Waals surface area (Å²) in [7, 11) is 0. The molecule has 0 aliphatic carbocycles. The predicted octanol–water partition coefficient (Wildman–Crippen LogP) is 2.30. The van der Waals surface area contributed by atoms with Gasteiger partial charge in [0.2, 0.25) is 0 Å². The molecule has 0 heterocycles. The summed E-state index contributed by atoms with van der Waals surface area (Å²) in [5.41, 5.74) is 5.36. The van der Waals surface area contributed by atoms with Gasteiger partial charge in [-0.1, -0.05) is 15.9 Å². The Kier molecular flexibility index (Phi) is 4.74. The summed E-state index contributed by atoms with van der Waals surface area (Å²) in [6.45, 7) is 9.70. The van der Waals surface area contributed by atoms with E-state index in [2.05, 4.69) is 43.6 Å². The van der Waals surface area contributed by atoms with Crippen LogP contribution in [-0.2, 0) is 4.74 Å². The smallest absolute Gasteiger partial charge is 0.0639 e. The van der Waals surface area contributed by atoms with Crippen LogP contribution in [0.3, 0.4) is 0 Å². The summed E-state index contributed by atoms with van der Waals surface area (Å²) in [5, 5.41) is 0. The zero-order chi connectivity index (χ0) is 9.83. The van der Waals surface area contributed by atoms with Gasteiger partial charge in [0, 0.05) is 4.32 Å². The van der Waals surface area contributed by atoms with E-state index in [0.29, 0.717) is 13.2 Å². The molecule has 0 rings (SSSR count). The zero-order valence-corrected chi connectivity index (χ0v) is 10.1. The molecule has 0 saturated carbocycles. The van der Waals surface area contributed by atoms with Gasteiger partial charge in [0.05, 0.1) is 12.2 Å². The molecule has 0 aliphatic heterocycles. The van der Waals surface area contributed by atoms with Gasteiger partial charge in [-0.25, -0.2) is 0 Å². The van der Waals surface area contributed by atoms with E-state index in [1.165, 1.54) is 0 Å². The fraction of sp³-hybridized carbons (Fsp3) is 1.00. The van der Waals surface area contributed by atoms with E-state index >= 15 is 0 Å². The summed E-state index contributed by atoms with van der Waals surface area (Å²) in [6.07, 6.45) is 0.899. The molecular formula is C9H20BrNO. The topological polar surface area (TPSA) is 35.2 Å². The van der Waals surface area contributed by atoms with Crippen molar-refractivity contribution in [2.75, 3.05) is 13.2 Å². The second-order valence-corrected chi connectivity index (χ2v) is 6.45. The molecule has 0 saturated heterocycles. The highest BCUT2D eigenvalue weighted by molar-refractivity contribution is 9.10. The van der Waals surface area contributed by atoms with Crippen molar-refractivity contribution >= 4 is 15.9 Å². The first-order valence-electron chi connectivity index (χ1n) is 4.30. The maximum absolute atomic E-state index is 5.71. The lowest BCUT2D eigenvalue weighted by Gasteiger charge is -2.28. The van der Waals surface area contributed by atoms with Crippen molar-refractivity contribution in [1.29, 1.82) is 0 Å². The number of hydrogen-bond acceptors (Lipinski definition) is 2. The van der Waals surface area contributed by atoms with Crippen LogP contribution in [0.25, 0.3) is 0 Å². The Bertz CT molecular complexity index is 129. The Morgan fingerprint density at radius 2 is 1.75 bits per heavy atom. The van der Waals surface area contributed by atoms with Gasteiger partial charge in [0.15, 0.2) is 0 Å². The average molecular weight is 238 g/mol. The number of rotatable bonds is 5. The van der Waals surface area contributed by atoms with E-state index in [0.717, 1.165) is 6.42 Å². The first-order chi connectivity index (χ1) is 5.27. The molecule has 0 unspecified atom stereocenters. The lowest BCUT2D eigenvalue weighted by molar-refractivity contribution is -0.0281. The van der Waals surface area contributed by atoms with E-state index in [1.807, 2.05) is 0 Å². The minimum atomic E-state index is -0.0974. The minimum Gasteiger partial charge on any atom is -0.374 e. The molecule has 2 nitrogen and oxygen atoms in total. The predicted molar refractivity (Wildman–Crippen MR) is 56.7 cm³/mol. The molecule has 12 heavy (non-hydrogen) atoms. The van der Waals surface area contributed by atoms with Gasteiger partial charge in [0.1, 0.15) is 0 Å². The van der Waals surface area contributed by atoms with Gasteiger partial charge < -0.3 is 10.5 Å². The van der Waals surface area contributed by atoms with Crippen LogP contribution in [-0.4, -0.2) is 23.1 Å². The molecule has 0 bridgehead atoms. The molecule has 0 aromatic rings. The third-order valence-corrected chi connectivity index (χ3v) is 1.78. The molecule has 0 radical (unpaired) electrons. The normalized spacial score (nSPS) is 13.5. The number of alkyl halides is 1. The lowest BCUT2D eigenvalue weighted by Crippen LogP contribution is -2.32. The summed E-state index contributed by atoms with van der Waals surface area (Å²) in [6, 6.07) is 0. The number of hydrogen-bond donors (Lipinski definition) is 1. The molecule has 0 amide bonds. The van der Waals surface area contributed by atoms with E-state index < -0.39 is 0 Å². The second-order valence-electron chi connectivity index (χ2n) is 4.31. The molecule has 0 spiro atoms. The highest BCUT2D eigenvalue weighted by atomic mass is 79.9. The van der Waals surface area contributed by atoms with Crippen LogP contribution >= 0.6 is 15.9 Å². The molecule has 0 fully saturated rings. The Balaban J connectivity index is 3.75. The summed E-state index contributed by atoms with van der Waals surface area (Å²) >= 11 is 3.53. The van der Waals surface area contributed by atoms with E-state index in [1.54, 1.807) is 0 Å². The van der Waals surface area contributed by atoms with Crippen molar-refractivity contribution < 1.29 is 4.74 Å². The van der Waals surface area contributed by atoms with Gasteiger partial charge in [-0.3, -0.25) is 0 Å². The lowest BCUT2D eigenvalue weighted by atomic mass is 10.1. The van der Waals surface area contributed by atoms with Crippen molar-refractivity contribution in [1.82, 2.24) is 0 Å². The minimum absolute atomic E-state index is 0.0544. The molecular weight excluding hydrogens is 218 g/mol. The molecule has 3 heteroatoms. The average Bonchev–Trinajstić information content (AvgIpc) is 1.83. The summed E-state index contributed by atoms with van der Waals surface area (Å²) < 4.78 is 5.76. The van der Waals surface area contributed by atoms with Crippen molar-refractivity contribution in [2.45, 2.75) is 44.0 Å². The highest BCUT2D eigenvalue weighted by Gasteiger charge is 2.21. The van der Waals surface area contributed by atoms with Crippen LogP contribution in [0.5, 0.6) is 0 Å². The fourth-order valence-corrected chi connectivity index (χ4v) is 0.901. The van der Waals surface area contributed by atoms with Gasteiger partial charge in [-0.15, -0.1) is 0 Å². The maximum Gasteiger partial charge on any atom is 0.0639 e. The van der Waals surface area contributed by atoms with Crippen molar-refractivity contribution in [3.8, 4) is 0 Å². The third kappa shape index (κ3) is 7.07. The van der Waals surface area contributed by atoms with Crippen LogP contribution in [0.15, 0.2) is 0 Å². The quantitative estimate of drug-likeness (QED) is 0.746. The Hall–Kier alpha value is 0.400. The van der Waals surface area contributed by atoms with Gasteiger partial charge >= 0.3 is 0 Å². The van der Waals surface area contributed by atoms with E-state index in [4.69, 9.17) is 10.5 Å². The SMILES string of the molecule is CC(C)(Br)COC(C)(C)CCN. The van der Waals surface area contributed by atoms with E-state index in [-0.39, 0.29) is 9.93 Å². The largest absolute Gasteiger partial charge is 0.374 e. The first kappa shape index (κ1) is 12.4.